The van der Waals surface area contributed by atoms with Crippen molar-refractivity contribution in [3.63, 3.8) is 0 Å². The van der Waals surface area contributed by atoms with Gasteiger partial charge >= 0.3 is 0 Å². The molecule has 2 aromatic rings. The Labute approximate surface area is 151 Å². The summed E-state index contributed by atoms with van der Waals surface area (Å²) >= 11 is 5.96. The number of guanidine groups is 2. The maximum atomic E-state index is 6.08. The second-order valence-corrected chi connectivity index (χ2v) is 5.39. The molecule has 0 aromatic heterocycles. The number of nitrogens with two attached hydrogens (primary N) is 2. The van der Waals surface area contributed by atoms with Crippen LogP contribution in [-0.2, 0) is 0 Å². The number of aliphatic imine (C=N–C) groups is 2. The minimum Gasteiger partial charge on any atom is -0.497 e. The van der Waals surface area contributed by atoms with E-state index in [2.05, 4.69) is 9.98 Å². The third-order valence-electron chi connectivity index (χ3n) is 3.49. The lowest BCUT2D eigenvalue weighted by Gasteiger charge is -2.32. The first kappa shape index (κ1) is 17.9. The standard InChI is InChI=1S/C16H16ClN5O.ClH/c1-23-13-8-2-10(3-9-13)14-20-15(18)21-16(19)22(14)12-6-4-11(17)5-7-12;/h2-9,14H,1H3,(H4,18,19,20,21);1H. The van der Waals surface area contributed by atoms with Crippen LogP contribution in [0.3, 0.4) is 0 Å². The second kappa shape index (κ2) is 7.42. The number of ether oxygens (including phenoxy) is 1. The summed E-state index contributed by atoms with van der Waals surface area (Å²) in [6, 6.07) is 14.9. The summed E-state index contributed by atoms with van der Waals surface area (Å²) in [5, 5.41) is 0.644. The topological polar surface area (TPSA) is 89.2 Å². The number of methoxy groups -OCH3 is 1. The average molecular weight is 366 g/mol. The minimum atomic E-state index is -0.403. The number of hydrogen-bond acceptors (Lipinski definition) is 6. The fourth-order valence-electron chi connectivity index (χ4n) is 2.38. The van der Waals surface area contributed by atoms with Gasteiger partial charge < -0.3 is 16.2 Å². The molecule has 0 amide bonds. The Hall–Kier alpha value is -2.44. The van der Waals surface area contributed by atoms with Crippen LogP contribution in [0.4, 0.5) is 5.69 Å². The highest BCUT2D eigenvalue weighted by Gasteiger charge is 2.27. The van der Waals surface area contributed by atoms with Crippen molar-refractivity contribution in [1.29, 1.82) is 0 Å². The van der Waals surface area contributed by atoms with E-state index in [9.17, 15) is 0 Å². The lowest BCUT2D eigenvalue weighted by molar-refractivity contribution is 0.414. The van der Waals surface area contributed by atoms with E-state index in [4.69, 9.17) is 27.8 Å². The van der Waals surface area contributed by atoms with E-state index in [1.54, 1.807) is 24.1 Å². The zero-order valence-corrected chi connectivity index (χ0v) is 14.5. The number of benzene rings is 2. The highest BCUT2D eigenvalue weighted by Crippen LogP contribution is 2.31. The van der Waals surface area contributed by atoms with Crippen LogP contribution in [0, 0.1) is 0 Å². The van der Waals surface area contributed by atoms with E-state index < -0.39 is 6.17 Å². The summed E-state index contributed by atoms with van der Waals surface area (Å²) in [6.07, 6.45) is -0.403. The van der Waals surface area contributed by atoms with Gasteiger partial charge in [0.1, 0.15) is 5.75 Å². The molecule has 1 unspecified atom stereocenters. The van der Waals surface area contributed by atoms with Crippen LogP contribution < -0.4 is 21.1 Å². The van der Waals surface area contributed by atoms with E-state index in [1.165, 1.54) is 0 Å². The van der Waals surface area contributed by atoms with E-state index in [0.717, 1.165) is 17.0 Å². The van der Waals surface area contributed by atoms with Crippen LogP contribution in [0.25, 0.3) is 0 Å². The van der Waals surface area contributed by atoms with Crippen molar-refractivity contribution in [2.45, 2.75) is 6.17 Å². The molecule has 0 saturated heterocycles. The number of halogens is 2. The van der Waals surface area contributed by atoms with Crippen molar-refractivity contribution >= 4 is 41.6 Å². The summed E-state index contributed by atoms with van der Waals surface area (Å²) in [7, 11) is 1.62. The minimum absolute atomic E-state index is 0. The average Bonchev–Trinajstić information content (AvgIpc) is 2.55. The van der Waals surface area contributed by atoms with Gasteiger partial charge in [0.05, 0.1) is 7.11 Å². The van der Waals surface area contributed by atoms with Crippen LogP contribution in [0.1, 0.15) is 11.7 Å². The first-order valence-electron chi connectivity index (χ1n) is 6.94. The van der Waals surface area contributed by atoms with Gasteiger partial charge in [-0.05, 0) is 42.0 Å². The molecule has 8 heteroatoms. The van der Waals surface area contributed by atoms with Gasteiger partial charge in [-0.1, -0.05) is 23.7 Å². The molecule has 3 rings (SSSR count). The molecule has 1 aliphatic heterocycles. The predicted octanol–water partition coefficient (Wildman–Crippen LogP) is 2.92. The van der Waals surface area contributed by atoms with Crippen molar-refractivity contribution < 1.29 is 4.74 Å². The number of nitrogens with zero attached hydrogens (tertiary/aromatic N) is 3. The Morgan fingerprint density at radius 2 is 1.67 bits per heavy atom. The normalized spacial score (nSPS) is 16.8. The Morgan fingerprint density at radius 3 is 2.25 bits per heavy atom. The molecular weight excluding hydrogens is 349 g/mol. The van der Waals surface area contributed by atoms with Gasteiger partial charge in [0.2, 0.25) is 11.9 Å². The van der Waals surface area contributed by atoms with Crippen LogP contribution in [0.2, 0.25) is 5.02 Å². The number of anilines is 1. The molecule has 126 valence electrons. The zero-order chi connectivity index (χ0) is 16.4. The third-order valence-corrected chi connectivity index (χ3v) is 3.75. The molecule has 4 N–H and O–H groups in total. The second-order valence-electron chi connectivity index (χ2n) is 4.95. The number of rotatable bonds is 3. The fourth-order valence-corrected chi connectivity index (χ4v) is 2.51. The Kier molecular flexibility index (Phi) is 5.54. The highest BCUT2D eigenvalue weighted by atomic mass is 35.5. The third kappa shape index (κ3) is 3.55. The van der Waals surface area contributed by atoms with Gasteiger partial charge in [-0.3, -0.25) is 4.90 Å². The van der Waals surface area contributed by atoms with Gasteiger partial charge in [0, 0.05) is 10.7 Å². The van der Waals surface area contributed by atoms with Crippen LogP contribution >= 0.6 is 24.0 Å². The Balaban J connectivity index is 0.00000208. The summed E-state index contributed by atoms with van der Waals surface area (Å²) < 4.78 is 5.19. The molecule has 6 nitrogen and oxygen atoms in total. The van der Waals surface area contributed by atoms with E-state index in [1.807, 2.05) is 36.4 Å². The van der Waals surface area contributed by atoms with Crippen molar-refractivity contribution in [3.05, 3.63) is 59.1 Å². The molecule has 1 atom stereocenters. The molecule has 2 aromatic carbocycles. The lowest BCUT2D eigenvalue weighted by Crippen LogP contribution is -2.44. The van der Waals surface area contributed by atoms with Crippen LogP contribution in [-0.4, -0.2) is 19.0 Å². The van der Waals surface area contributed by atoms with Crippen molar-refractivity contribution in [3.8, 4) is 5.75 Å². The molecule has 0 radical (unpaired) electrons. The molecular formula is C16H17Cl2N5O. The van der Waals surface area contributed by atoms with Crippen LogP contribution in [0.5, 0.6) is 5.75 Å². The molecule has 0 saturated carbocycles. The molecule has 1 heterocycles. The maximum Gasteiger partial charge on any atom is 0.221 e. The molecule has 0 spiro atoms. The largest absolute Gasteiger partial charge is 0.497 e. The molecule has 0 fully saturated rings. The SMILES string of the molecule is COc1ccc(C2N=C(N)N=C(N)N2c2ccc(Cl)cc2)cc1.Cl. The summed E-state index contributed by atoms with van der Waals surface area (Å²) in [5.74, 6) is 1.19. The number of hydrogen-bond donors (Lipinski definition) is 2. The fraction of sp³-hybridized carbons (Fsp3) is 0.125. The van der Waals surface area contributed by atoms with Gasteiger partial charge in [-0.15, -0.1) is 12.4 Å². The zero-order valence-electron chi connectivity index (χ0n) is 12.9. The summed E-state index contributed by atoms with van der Waals surface area (Å²) in [4.78, 5) is 10.3. The summed E-state index contributed by atoms with van der Waals surface area (Å²) in [5.41, 5.74) is 13.6. The summed E-state index contributed by atoms with van der Waals surface area (Å²) in [6.45, 7) is 0. The lowest BCUT2D eigenvalue weighted by atomic mass is 10.1. The van der Waals surface area contributed by atoms with Crippen molar-refractivity contribution in [1.82, 2.24) is 0 Å². The first-order chi connectivity index (χ1) is 11.1. The van der Waals surface area contributed by atoms with Gasteiger partial charge in [-0.2, -0.15) is 4.99 Å². The monoisotopic (exact) mass is 365 g/mol. The highest BCUT2D eigenvalue weighted by molar-refractivity contribution is 6.30. The van der Waals surface area contributed by atoms with E-state index in [-0.39, 0.29) is 24.3 Å². The quantitative estimate of drug-likeness (QED) is 0.874. The maximum absolute atomic E-state index is 6.08. The predicted molar refractivity (Wildman–Crippen MR) is 100 cm³/mol. The van der Waals surface area contributed by atoms with Gasteiger partial charge in [0.15, 0.2) is 6.17 Å². The van der Waals surface area contributed by atoms with Crippen molar-refractivity contribution in [2.75, 3.05) is 12.0 Å². The Morgan fingerprint density at radius 1 is 1.04 bits per heavy atom. The molecule has 24 heavy (non-hydrogen) atoms. The molecule has 0 bridgehead atoms. The molecule has 0 aliphatic carbocycles. The van der Waals surface area contributed by atoms with E-state index in [0.29, 0.717) is 5.02 Å². The van der Waals surface area contributed by atoms with Gasteiger partial charge in [0.25, 0.3) is 0 Å². The first-order valence-corrected chi connectivity index (χ1v) is 7.32. The van der Waals surface area contributed by atoms with Crippen LogP contribution in [0.15, 0.2) is 58.5 Å². The van der Waals surface area contributed by atoms with Gasteiger partial charge in [-0.25, -0.2) is 4.99 Å². The smallest absolute Gasteiger partial charge is 0.221 e. The molecule has 1 aliphatic rings. The van der Waals surface area contributed by atoms with Crippen molar-refractivity contribution in [2.24, 2.45) is 21.5 Å². The Bertz CT molecular complexity index is 759. The van der Waals surface area contributed by atoms with E-state index >= 15 is 0 Å².